The van der Waals surface area contributed by atoms with Crippen molar-refractivity contribution >= 4 is 30.1 Å². The van der Waals surface area contributed by atoms with Gasteiger partial charge in [0.1, 0.15) is 0 Å². The van der Waals surface area contributed by atoms with Crippen LogP contribution in [0.5, 0.6) is 0 Å². The van der Waals surface area contributed by atoms with Gasteiger partial charge in [-0.25, -0.2) is 0 Å². The molecule has 8 nitrogen and oxygen atoms in total. The van der Waals surface area contributed by atoms with E-state index in [0.717, 1.165) is 37.7 Å². The first-order valence-electron chi connectivity index (χ1n) is 10.2. The van der Waals surface area contributed by atoms with Gasteiger partial charge < -0.3 is 20.9 Å². The van der Waals surface area contributed by atoms with Crippen molar-refractivity contribution in [2.24, 2.45) is 0 Å². The Labute approximate surface area is 190 Å². The van der Waals surface area contributed by atoms with Crippen LogP contribution in [0.2, 0.25) is 0 Å². The average molecular weight is 478 g/mol. The highest BCUT2D eigenvalue weighted by molar-refractivity contribution is 5.96. The Hall–Kier alpha value is -2.37. The van der Waals surface area contributed by atoms with Crippen molar-refractivity contribution in [2.45, 2.75) is 25.2 Å². The lowest BCUT2D eigenvalue weighted by molar-refractivity contribution is -0.137. The minimum absolute atomic E-state index is 0. The molecule has 2 heterocycles. The molecule has 2 saturated heterocycles. The summed E-state index contributed by atoms with van der Waals surface area (Å²) in [4.78, 5) is 40.5. The van der Waals surface area contributed by atoms with Crippen molar-refractivity contribution in [3.8, 4) is 0 Å². The number of carbonyl (C=O) groups excluding carboxylic acids is 3. The van der Waals surface area contributed by atoms with Gasteiger partial charge in [0, 0.05) is 38.3 Å². The van der Waals surface area contributed by atoms with Crippen LogP contribution in [0.4, 0.5) is 13.2 Å². The van der Waals surface area contributed by atoms with Crippen LogP contribution < -0.4 is 16.0 Å². The zero-order valence-electron chi connectivity index (χ0n) is 17.4. The number of benzene rings is 1. The number of piperazine rings is 1. The fourth-order valence-corrected chi connectivity index (χ4v) is 3.70. The van der Waals surface area contributed by atoms with E-state index in [4.69, 9.17) is 0 Å². The molecule has 0 radical (unpaired) electrons. The van der Waals surface area contributed by atoms with E-state index in [9.17, 15) is 27.6 Å². The van der Waals surface area contributed by atoms with Crippen LogP contribution in [0, 0.1) is 0 Å². The van der Waals surface area contributed by atoms with E-state index in [1.807, 2.05) is 4.90 Å². The van der Waals surface area contributed by atoms with Crippen LogP contribution in [-0.4, -0.2) is 79.5 Å². The Morgan fingerprint density at radius 1 is 1.12 bits per heavy atom. The number of nitrogens with zero attached hydrogens (tertiary/aromatic N) is 2. The fourth-order valence-electron chi connectivity index (χ4n) is 3.70. The van der Waals surface area contributed by atoms with E-state index >= 15 is 0 Å². The van der Waals surface area contributed by atoms with Gasteiger partial charge >= 0.3 is 6.18 Å². The smallest absolute Gasteiger partial charge is 0.343 e. The van der Waals surface area contributed by atoms with E-state index in [1.165, 1.54) is 6.07 Å². The zero-order chi connectivity index (χ0) is 22.4. The zero-order valence-corrected chi connectivity index (χ0v) is 18.2. The molecule has 12 heteroatoms. The van der Waals surface area contributed by atoms with E-state index in [0.29, 0.717) is 26.1 Å². The third kappa shape index (κ3) is 7.07. The predicted molar refractivity (Wildman–Crippen MR) is 113 cm³/mol. The molecule has 3 N–H and O–H groups in total. The van der Waals surface area contributed by atoms with E-state index in [1.54, 1.807) is 4.90 Å². The molecule has 3 rings (SSSR count). The molecule has 0 bridgehead atoms. The Morgan fingerprint density at radius 2 is 1.84 bits per heavy atom. The number of rotatable bonds is 6. The first-order chi connectivity index (χ1) is 14.7. The van der Waals surface area contributed by atoms with Gasteiger partial charge in [0.05, 0.1) is 24.8 Å². The molecule has 2 aliphatic heterocycles. The van der Waals surface area contributed by atoms with Crippen LogP contribution in [0.15, 0.2) is 24.3 Å². The predicted octanol–water partition coefficient (Wildman–Crippen LogP) is 0.827. The monoisotopic (exact) mass is 477 g/mol. The van der Waals surface area contributed by atoms with Crippen LogP contribution in [0.3, 0.4) is 0 Å². The molecule has 3 amide bonds. The molecule has 2 aliphatic rings. The molecule has 32 heavy (non-hydrogen) atoms. The van der Waals surface area contributed by atoms with Gasteiger partial charge in [0.2, 0.25) is 11.8 Å². The highest BCUT2D eigenvalue weighted by Gasteiger charge is 2.31. The maximum Gasteiger partial charge on any atom is 0.416 e. The first kappa shape index (κ1) is 25.9. The van der Waals surface area contributed by atoms with Gasteiger partial charge in [-0.1, -0.05) is 6.07 Å². The lowest BCUT2D eigenvalue weighted by Crippen LogP contribution is -2.53. The van der Waals surface area contributed by atoms with Gasteiger partial charge in [-0.05, 0) is 31.0 Å². The number of nitrogens with one attached hydrogen (secondary N) is 3. The van der Waals surface area contributed by atoms with E-state index in [2.05, 4.69) is 16.0 Å². The summed E-state index contributed by atoms with van der Waals surface area (Å²) in [5, 5.41) is 8.32. The van der Waals surface area contributed by atoms with Gasteiger partial charge in [-0.2, -0.15) is 13.2 Å². The molecule has 0 aliphatic carbocycles. The third-order valence-corrected chi connectivity index (χ3v) is 5.36. The topological polar surface area (TPSA) is 93.8 Å². The SMILES string of the molecule is Cl.O=C(CNC(=O)c1cccc(C(F)(F)F)c1)NC1CCCN1CC(=O)N1CCNCC1. The summed E-state index contributed by atoms with van der Waals surface area (Å²) in [6.07, 6.45) is -3.36. The Bertz CT molecular complexity index is 818. The number of carbonyl (C=O) groups is 3. The highest BCUT2D eigenvalue weighted by Crippen LogP contribution is 2.29. The van der Waals surface area contributed by atoms with Crippen LogP contribution in [-0.2, 0) is 15.8 Å². The first-order valence-corrected chi connectivity index (χ1v) is 10.2. The molecule has 1 atom stereocenters. The number of hydrogen-bond donors (Lipinski definition) is 3. The normalized spacial score (nSPS) is 19.2. The molecule has 0 spiro atoms. The van der Waals surface area contributed by atoms with Gasteiger partial charge in [0.15, 0.2) is 0 Å². The van der Waals surface area contributed by atoms with Crippen molar-refractivity contribution in [1.82, 2.24) is 25.8 Å². The summed E-state index contributed by atoms with van der Waals surface area (Å²) < 4.78 is 38.4. The second-order valence-corrected chi connectivity index (χ2v) is 7.59. The standard InChI is InChI=1S/C20H26F3N5O3.ClH/c21-20(22,23)15-4-1-3-14(11-15)19(31)25-12-17(29)26-16-5-2-8-28(16)13-18(30)27-9-6-24-7-10-27;/h1,3-4,11,16,24H,2,5-10,12-13H2,(H,25,31)(H,26,29);1H. The second kappa shape index (κ2) is 11.5. The van der Waals surface area contributed by atoms with Crippen LogP contribution in [0.25, 0.3) is 0 Å². The summed E-state index contributed by atoms with van der Waals surface area (Å²) in [5.41, 5.74) is -1.10. The maximum atomic E-state index is 12.8. The summed E-state index contributed by atoms with van der Waals surface area (Å²) in [5.74, 6) is -1.22. The molecule has 1 aromatic rings. The molecular weight excluding hydrogens is 451 g/mol. The van der Waals surface area contributed by atoms with Crippen LogP contribution in [0.1, 0.15) is 28.8 Å². The summed E-state index contributed by atoms with van der Waals surface area (Å²) in [7, 11) is 0. The van der Waals surface area contributed by atoms with Crippen LogP contribution >= 0.6 is 12.4 Å². The molecule has 1 aromatic carbocycles. The lowest BCUT2D eigenvalue weighted by atomic mass is 10.1. The van der Waals surface area contributed by atoms with E-state index < -0.39 is 23.6 Å². The largest absolute Gasteiger partial charge is 0.416 e. The van der Waals surface area contributed by atoms with E-state index in [-0.39, 0.29) is 43.1 Å². The molecule has 178 valence electrons. The van der Waals surface area contributed by atoms with Crippen molar-refractivity contribution in [2.75, 3.05) is 45.8 Å². The summed E-state index contributed by atoms with van der Waals surface area (Å²) in [6.45, 7) is 3.36. The molecule has 1 unspecified atom stereocenters. The average Bonchev–Trinajstić information content (AvgIpc) is 3.18. The third-order valence-electron chi connectivity index (χ3n) is 5.36. The second-order valence-electron chi connectivity index (χ2n) is 7.59. The molecule has 2 fully saturated rings. The number of halogens is 4. The van der Waals surface area contributed by atoms with Crippen molar-refractivity contribution < 1.29 is 27.6 Å². The van der Waals surface area contributed by atoms with Gasteiger partial charge in [0.25, 0.3) is 5.91 Å². The van der Waals surface area contributed by atoms with Crippen molar-refractivity contribution in [3.63, 3.8) is 0 Å². The molecule has 0 aromatic heterocycles. The van der Waals surface area contributed by atoms with Gasteiger partial charge in [-0.15, -0.1) is 12.4 Å². The number of hydrogen-bond acceptors (Lipinski definition) is 5. The Balaban J connectivity index is 0.00000363. The minimum atomic E-state index is -4.55. The maximum absolute atomic E-state index is 12.8. The summed E-state index contributed by atoms with van der Waals surface area (Å²) in [6, 6.07) is 4.01. The molecule has 0 saturated carbocycles. The Kier molecular flexibility index (Phi) is 9.29. The quantitative estimate of drug-likeness (QED) is 0.564. The van der Waals surface area contributed by atoms with Gasteiger partial charge in [-0.3, -0.25) is 19.3 Å². The number of likely N-dealkylation sites (tertiary alicyclic amines) is 1. The Morgan fingerprint density at radius 3 is 2.53 bits per heavy atom. The fraction of sp³-hybridized carbons (Fsp3) is 0.550. The number of alkyl halides is 3. The highest BCUT2D eigenvalue weighted by atomic mass is 35.5. The van der Waals surface area contributed by atoms with Crippen molar-refractivity contribution in [3.05, 3.63) is 35.4 Å². The molecular formula is C20H27ClF3N5O3. The minimum Gasteiger partial charge on any atom is -0.343 e. The lowest BCUT2D eigenvalue weighted by Gasteiger charge is -2.31. The summed E-state index contributed by atoms with van der Waals surface area (Å²) >= 11 is 0. The number of amides is 3. The van der Waals surface area contributed by atoms with Crippen molar-refractivity contribution in [1.29, 1.82) is 0 Å².